The van der Waals surface area contributed by atoms with Gasteiger partial charge in [0.2, 0.25) is 5.91 Å². The van der Waals surface area contributed by atoms with Gasteiger partial charge in [-0.15, -0.1) is 0 Å². The number of anilines is 1. The summed E-state index contributed by atoms with van der Waals surface area (Å²) in [5.74, 6) is -0.543. The number of ether oxygens (including phenoxy) is 1. The van der Waals surface area contributed by atoms with Crippen LogP contribution in [0.2, 0.25) is 0 Å². The summed E-state index contributed by atoms with van der Waals surface area (Å²) in [5.41, 5.74) is 1.64. The Morgan fingerprint density at radius 1 is 1.03 bits per heavy atom. The van der Waals surface area contributed by atoms with Crippen molar-refractivity contribution in [3.05, 3.63) is 54.1 Å². The Hall–Kier alpha value is -2.98. The summed E-state index contributed by atoms with van der Waals surface area (Å²) in [6.45, 7) is 2.95. The molecule has 0 unspecified atom stereocenters. The first-order chi connectivity index (χ1) is 13.7. The van der Waals surface area contributed by atoms with E-state index < -0.39 is 21.8 Å². The number of sulfonamides is 1. The lowest BCUT2D eigenvalue weighted by Crippen LogP contribution is -2.37. The van der Waals surface area contributed by atoms with E-state index in [1.807, 2.05) is 23.8 Å². The van der Waals surface area contributed by atoms with Crippen LogP contribution in [0.5, 0.6) is 5.75 Å². The molecule has 0 saturated carbocycles. The highest BCUT2D eigenvalue weighted by atomic mass is 32.2. The Bertz CT molecular complexity index is 988. The number of thiocarbonyl (C=S) groups is 1. The molecule has 10 heteroatoms. The van der Waals surface area contributed by atoms with Gasteiger partial charge in [0.25, 0.3) is 15.9 Å². The van der Waals surface area contributed by atoms with Crippen LogP contribution in [0.1, 0.15) is 19.4 Å². The van der Waals surface area contributed by atoms with E-state index in [0.29, 0.717) is 11.4 Å². The molecule has 0 spiro atoms. The lowest BCUT2D eigenvalue weighted by atomic mass is 10.2. The third-order valence-corrected chi connectivity index (χ3v) is 5.31. The highest BCUT2D eigenvalue weighted by Gasteiger charge is 2.15. The third kappa shape index (κ3) is 7.16. The van der Waals surface area contributed by atoms with Gasteiger partial charge in [-0.3, -0.25) is 14.9 Å². The van der Waals surface area contributed by atoms with Crippen LogP contribution in [0.4, 0.5) is 5.69 Å². The molecule has 2 rings (SSSR count). The number of hydrogen-bond acceptors (Lipinski definition) is 6. The van der Waals surface area contributed by atoms with Gasteiger partial charge in [0.05, 0.1) is 4.90 Å². The Balaban J connectivity index is 1.84. The highest BCUT2D eigenvalue weighted by Crippen LogP contribution is 2.14. The van der Waals surface area contributed by atoms with Crippen LogP contribution in [-0.2, 0) is 26.0 Å². The van der Waals surface area contributed by atoms with Crippen LogP contribution in [-0.4, -0.2) is 32.0 Å². The molecule has 0 bridgehead atoms. The number of hydrogen-bond donors (Lipinski definition) is 3. The lowest BCUT2D eigenvalue weighted by molar-refractivity contribution is -0.121. The van der Waals surface area contributed by atoms with Crippen LogP contribution in [0.3, 0.4) is 0 Å². The number of carbonyl (C=O) groups excluding carboxylic acids is 2. The van der Waals surface area contributed by atoms with E-state index >= 15 is 0 Å². The summed E-state index contributed by atoms with van der Waals surface area (Å²) in [6, 6.07) is 13.0. The van der Waals surface area contributed by atoms with Crippen LogP contribution in [0.25, 0.3) is 0 Å². The number of amides is 2. The van der Waals surface area contributed by atoms with E-state index in [9.17, 15) is 18.0 Å². The second-order valence-corrected chi connectivity index (χ2v) is 8.07. The average Bonchev–Trinajstić information content (AvgIpc) is 2.66. The third-order valence-electron chi connectivity index (χ3n) is 3.66. The monoisotopic (exact) mass is 435 g/mol. The molecule has 2 aromatic carbocycles. The Morgan fingerprint density at radius 3 is 2.21 bits per heavy atom. The van der Waals surface area contributed by atoms with Crippen molar-refractivity contribution >= 4 is 44.9 Å². The quantitative estimate of drug-likeness (QED) is 0.570. The molecule has 0 aromatic heterocycles. The summed E-state index contributed by atoms with van der Waals surface area (Å²) in [4.78, 5) is 22.8. The fraction of sp³-hybridized carbons (Fsp3) is 0.211. The van der Waals surface area contributed by atoms with E-state index in [1.165, 1.54) is 29.8 Å². The van der Waals surface area contributed by atoms with Gasteiger partial charge >= 0.3 is 0 Å². The van der Waals surface area contributed by atoms with Crippen LogP contribution < -0.4 is 20.1 Å². The molecule has 8 nitrogen and oxygen atoms in total. The van der Waals surface area contributed by atoms with Gasteiger partial charge in [0, 0.05) is 12.6 Å². The van der Waals surface area contributed by atoms with Gasteiger partial charge < -0.3 is 10.1 Å². The molecule has 0 aliphatic heterocycles. The Labute approximate surface area is 174 Å². The van der Waals surface area contributed by atoms with Gasteiger partial charge in [-0.2, -0.15) is 0 Å². The predicted molar refractivity (Wildman–Crippen MR) is 113 cm³/mol. The first-order valence-corrected chi connectivity index (χ1v) is 10.5. The van der Waals surface area contributed by atoms with Gasteiger partial charge in [-0.1, -0.05) is 19.1 Å². The fourth-order valence-corrected chi connectivity index (χ4v) is 3.48. The van der Waals surface area contributed by atoms with E-state index in [0.717, 1.165) is 13.3 Å². The molecule has 3 N–H and O–H groups in total. The minimum atomic E-state index is -3.91. The zero-order valence-electron chi connectivity index (χ0n) is 15.9. The zero-order chi connectivity index (χ0) is 21.4. The van der Waals surface area contributed by atoms with E-state index in [4.69, 9.17) is 17.0 Å². The van der Waals surface area contributed by atoms with Crippen molar-refractivity contribution in [3.8, 4) is 5.75 Å². The minimum absolute atomic E-state index is 0.0393. The smallest absolute Gasteiger partial charge is 0.264 e. The fourth-order valence-electron chi connectivity index (χ4n) is 2.26. The normalized spacial score (nSPS) is 10.7. The molecule has 29 heavy (non-hydrogen) atoms. The number of benzene rings is 2. The molecule has 0 aliphatic rings. The molecule has 154 valence electrons. The number of aryl methyl sites for hydroxylation is 1. The molecule has 0 heterocycles. The van der Waals surface area contributed by atoms with E-state index in [-0.39, 0.29) is 16.6 Å². The first-order valence-electron chi connectivity index (χ1n) is 8.65. The summed E-state index contributed by atoms with van der Waals surface area (Å²) < 4.78 is 31.1. The number of rotatable bonds is 7. The lowest BCUT2D eigenvalue weighted by Gasteiger charge is -2.11. The van der Waals surface area contributed by atoms with Crippen molar-refractivity contribution in [2.45, 2.75) is 25.2 Å². The Kier molecular flexibility index (Phi) is 7.68. The molecular formula is C19H21N3O5S2. The topological polar surface area (TPSA) is 114 Å². The summed E-state index contributed by atoms with van der Waals surface area (Å²) in [6.07, 6.45) is 0.918. The molecule has 0 aliphatic carbocycles. The first kappa shape index (κ1) is 22.3. The van der Waals surface area contributed by atoms with E-state index in [2.05, 4.69) is 10.6 Å². The van der Waals surface area contributed by atoms with Crippen LogP contribution in [0.15, 0.2) is 53.4 Å². The van der Waals surface area contributed by atoms with Gasteiger partial charge in [0.1, 0.15) is 5.75 Å². The van der Waals surface area contributed by atoms with Crippen molar-refractivity contribution < 1.29 is 22.7 Å². The van der Waals surface area contributed by atoms with Crippen molar-refractivity contribution in [2.24, 2.45) is 0 Å². The maximum atomic E-state index is 11.9. The SMILES string of the molecule is CCc1ccc(OCC(=O)NC(=S)Nc2ccc(S(=O)(=O)NC(C)=O)cc2)cc1. The maximum Gasteiger partial charge on any atom is 0.264 e. The van der Waals surface area contributed by atoms with Crippen molar-refractivity contribution in [1.82, 2.24) is 10.0 Å². The molecular weight excluding hydrogens is 414 g/mol. The van der Waals surface area contributed by atoms with Gasteiger partial charge in [0.15, 0.2) is 11.7 Å². The van der Waals surface area contributed by atoms with Crippen molar-refractivity contribution in [3.63, 3.8) is 0 Å². The van der Waals surface area contributed by atoms with Gasteiger partial charge in [-0.05, 0) is 60.6 Å². The predicted octanol–water partition coefficient (Wildman–Crippen LogP) is 1.97. The second-order valence-electron chi connectivity index (χ2n) is 5.97. The van der Waals surface area contributed by atoms with Crippen LogP contribution in [0, 0.1) is 0 Å². The summed E-state index contributed by atoms with van der Waals surface area (Å²) in [7, 11) is -3.91. The number of nitrogens with one attached hydrogen (secondary N) is 3. The van der Waals surface area contributed by atoms with Gasteiger partial charge in [-0.25, -0.2) is 13.1 Å². The largest absolute Gasteiger partial charge is 0.484 e. The van der Waals surface area contributed by atoms with Crippen LogP contribution >= 0.6 is 12.2 Å². The average molecular weight is 436 g/mol. The Morgan fingerprint density at radius 2 is 1.66 bits per heavy atom. The maximum absolute atomic E-state index is 11.9. The summed E-state index contributed by atoms with van der Waals surface area (Å²) >= 11 is 5.07. The van der Waals surface area contributed by atoms with Crippen molar-refractivity contribution in [2.75, 3.05) is 11.9 Å². The van der Waals surface area contributed by atoms with E-state index in [1.54, 1.807) is 12.1 Å². The minimum Gasteiger partial charge on any atom is -0.484 e. The summed E-state index contributed by atoms with van der Waals surface area (Å²) in [5, 5.41) is 5.28. The second kappa shape index (κ2) is 9.99. The van der Waals surface area contributed by atoms with Crippen molar-refractivity contribution in [1.29, 1.82) is 0 Å². The molecule has 0 fully saturated rings. The molecule has 0 atom stereocenters. The number of carbonyl (C=O) groups is 2. The highest BCUT2D eigenvalue weighted by molar-refractivity contribution is 7.90. The molecule has 0 saturated heterocycles. The standard InChI is InChI=1S/C19H21N3O5S2/c1-3-14-4-8-16(9-5-14)27-12-18(24)21-19(28)20-15-6-10-17(11-7-15)29(25,26)22-13(2)23/h4-11H,3,12H2,1-2H3,(H,22,23)(H2,20,21,24,28). The molecule has 0 radical (unpaired) electrons. The molecule has 2 amide bonds. The zero-order valence-corrected chi connectivity index (χ0v) is 17.5. The molecule has 2 aromatic rings.